The minimum Gasteiger partial charge on any atom is -0.326 e. The summed E-state index contributed by atoms with van der Waals surface area (Å²) in [5.74, 6) is 0. The molecule has 0 radical (unpaired) electrons. The summed E-state index contributed by atoms with van der Waals surface area (Å²) in [6.07, 6.45) is 1.80. The summed E-state index contributed by atoms with van der Waals surface area (Å²) in [5, 5.41) is 0. The topological polar surface area (TPSA) is 72.2 Å². The molecule has 1 rings (SSSR count). The molecule has 0 saturated carbocycles. The molecule has 0 aliphatic heterocycles. The zero-order valence-corrected chi connectivity index (χ0v) is 11.2. The molecule has 4 nitrogen and oxygen atoms in total. The summed E-state index contributed by atoms with van der Waals surface area (Å²) in [5.41, 5.74) is 5.45. The molecule has 0 saturated heterocycles. The molecule has 16 heavy (non-hydrogen) atoms. The molecule has 1 atom stereocenters. The maximum atomic E-state index is 11.9. The van der Waals surface area contributed by atoms with Crippen molar-refractivity contribution in [3.8, 4) is 0 Å². The molecule has 0 aliphatic rings. The summed E-state index contributed by atoms with van der Waals surface area (Å²) < 4.78 is 26.8. The van der Waals surface area contributed by atoms with E-state index in [-0.39, 0.29) is 6.04 Å². The van der Waals surface area contributed by atoms with E-state index in [1.165, 1.54) is 11.3 Å². The van der Waals surface area contributed by atoms with Crippen LogP contribution in [0.4, 0.5) is 0 Å². The third kappa shape index (κ3) is 3.55. The largest absolute Gasteiger partial charge is 0.326 e. The van der Waals surface area contributed by atoms with E-state index in [0.29, 0.717) is 10.8 Å². The van der Waals surface area contributed by atoms with Gasteiger partial charge in [0.05, 0.1) is 0 Å². The summed E-state index contributed by atoms with van der Waals surface area (Å²) >= 11 is 1.22. The molecular formula is C10H18N2O2S2. The van der Waals surface area contributed by atoms with Crippen LogP contribution >= 0.6 is 11.3 Å². The van der Waals surface area contributed by atoms with Crippen LogP contribution in [0.1, 0.15) is 31.6 Å². The second-order valence-corrected chi connectivity index (χ2v) is 6.85. The standard InChI is InChI=1S/C10H18N2O2S2/c1-3-4-8(2)12-16(13,14)10-6-5-9(7-11)15-10/h5-6,8,12H,3-4,7,11H2,1-2H3. The van der Waals surface area contributed by atoms with Crippen molar-refractivity contribution < 1.29 is 8.42 Å². The number of hydrogen-bond donors (Lipinski definition) is 2. The van der Waals surface area contributed by atoms with Gasteiger partial charge in [-0.25, -0.2) is 13.1 Å². The Morgan fingerprint density at radius 2 is 2.19 bits per heavy atom. The third-order valence-corrected chi connectivity index (χ3v) is 5.37. The Bertz CT molecular complexity index is 426. The first-order valence-corrected chi connectivity index (χ1v) is 7.60. The van der Waals surface area contributed by atoms with Crippen LogP contribution in [-0.4, -0.2) is 14.5 Å². The minimum atomic E-state index is -3.36. The summed E-state index contributed by atoms with van der Waals surface area (Å²) in [7, 11) is -3.36. The number of rotatable bonds is 6. The second-order valence-electron chi connectivity index (χ2n) is 3.74. The van der Waals surface area contributed by atoms with Gasteiger partial charge in [0.15, 0.2) is 0 Å². The highest BCUT2D eigenvalue weighted by Crippen LogP contribution is 2.21. The van der Waals surface area contributed by atoms with Crippen LogP contribution in [0.25, 0.3) is 0 Å². The quantitative estimate of drug-likeness (QED) is 0.819. The molecule has 0 spiro atoms. The number of sulfonamides is 1. The first-order valence-electron chi connectivity index (χ1n) is 5.30. The molecule has 0 fully saturated rings. The second kappa shape index (κ2) is 5.77. The first kappa shape index (κ1) is 13.6. The lowest BCUT2D eigenvalue weighted by Gasteiger charge is -2.11. The lowest BCUT2D eigenvalue weighted by molar-refractivity contribution is 0.545. The molecule has 6 heteroatoms. The van der Waals surface area contributed by atoms with Crippen molar-refractivity contribution in [2.75, 3.05) is 0 Å². The number of nitrogens with one attached hydrogen (secondary N) is 1. The van der Waals surface area contributed by atoms with Crippen molar-refractivity contribution in [1.82, 2.24) is 4.72 Å². The van der Waals surface area contributed by atoms with Crippen LogP contribution in [0.2, 0.25) is 0 Å². The average molecular weight is 262 g/mol. The normalized spacial score (nSPS) is 13.9. The average Bonchev–Trinajstić information content (AvgIpc) is 2.65. The van der Waals surface area contributed by atoms with Gasteiger partial charge in [-0.15, -0.1) is 11.3 Å². The Morgan fingerprint density at radius 1 is 1.50 bits per heavy atom. The van der Waals surface area contributed by atoms with Crippen molar-refractivity contribution in [2.24, 2.45) is 5.73 Å². The zero-order chi connectivity index (χ0) is 12.2. The van der Waals surface area contributed by atoms with E-state index in [9.17, 15) is 8.42 Å². The van der Waals surface area contributed by atoms with Gasteiger partial charge in [-0.2, -0.15) is 0 Å². The molecule has 1 heterocycles. The van der Waals surface area contributed by atoms with Gasteiger partial charge < -0.3 is 5.73 Å². The fraction of sp³-hybridized carbons (Fsp3) is 0.600. The van der Waals surface area contributed by atoms with Gasteiger partial charge in [0.1, 0.15) is 4.21 Å². The van der Waals surface area contributed by atoms with Gasteiger partial charge in [0.25, 0.3) is 0 Å². The van der Waals surface area contributed by atoms with Crippen molar-refractivity contribution in [2.45, 2.75) is 43.5 Å². The first-order chi connectivity index (χ1) is 7.49. The predicted octanol–water partition coefficient (Wildman–Crippen LogP) is 1.67. The highest BCUT2D eigenvalue weighted by molar-refractivity contribution is 7.91. The van der Waals surface area contributed by atoms with Gasteiger partial charge in [-0.05, 0) is 25.5 Å². The molecule has 92 valence electrons. The Hall–Kier alpha value is -0.430. The SMILES string of the molecule is CCCC(C)NS(=O)(=O)c1ccc(CN)s1. The molecule has 0 aromatic carbocycles. The number of hydrogen-bond acceptors (Lipinski definition) is 4. The molecule has 1 aromatic rings. The van der Waals surface area contributed by atoms with E-state index in [1.807, 2.05) is 13.8 Å². The highest BCUT2D eigenvalue weighted by Gasteiger charge is 2.18. The zero-order valence-electron chi connectivity index (χ0n) is 9.56. The van der Waals surface area contributed by atoms with Crippen molar-refractivity contribution >= 4 is 21.4 Å². The van der Waals surface area contributed by atoms with E-state index in [0.717, 1.165) is 17.7 Å². The van der Waals surface area contributed by atoms with Crippen LogP contribution < -0.4 is 10.5 Å². The third-order valence-electron chi connectivity index (χ3n) is 2.18. The fourth-order valence-electron chi connectivity index (χ4n) is 1.43. The fourth-order valence-corrected chi connectivity index (χ4v) is 3.96. The van der Waals surface area contributed by atoms with Crippen LogP contribution in [-0.2, 0) is 16.6 Å². The van der Waals surface area contributed by atoms with Gasteiger partial charge in [0, 0.05) is 17.5 Å². The highest BCUT2D eigenvalue weighted by atomic mass is 32.2. The molecule has 0 bridgehead atoms. The van der Waals surface area contributed by atoms with Gasteiger partial charge >= 0.3 is 0 Å². The van der Waals surface area contributed by atoms with Crippen molar-refractivity contribution in [3.05, 3.63) is 17.0 Å². The number of nitrogens with two attached hydrogens (primary N) is 1. The number of thiophene rings is 1. The summed E-state index contributed by atoms with van der Waals surface area (Å²) in [4.78, 5) is 0.878. The van der Waals surface area contributed by atoms with Crippen molar-refractivity contribution in [3.63, 3.8) is 0 Å². The lowest BCUT2D eigenvalue weighted by Crippen LogP contribution is -2.31. The van der Waals surface area contributed by atoms with E-state index in [1.54, 1.807) is 12.1 Å². The van der Waals surface area contributed by atoms with Crippen LogP contribution in [0.5, 0.6) is 0 Å². The maximum Gasteiger partial charge on any atom is 0.250 e. The van der Waals surface area contributed by atoms with Gasteiger partial charge in [-0.3, -0.25) is 0 Å². The Morgan fingerprint density at radius 3 is 2.69 bits per heavy atom. The molecule has 0 aliphatic carbocycles. The Kier molecular flexibility index (Phi) is 4.91. The maximum absolute atomic E-state index is 11.9. The summed E-state index contributed by atoms with van der Waals surface area (Å²) in [6.45, 7) is 4.28. The van der Waals surface area contributed by atoms with Crippen LogP contribution in [0.3, 0.4) is 0 Å². The van der Waals surface area contributed by atoms with Crippen molar-refractivity contribution in [1.29, 1.82) is 0 Å². The predicted molar refractivity (Wildman–Crippen MR) is 66.9 cm³/mol. The van der Waals surface area contributed by atoms with Crippen LogP contribution in [0.15, 0.2) is 16.3 Å². The molecule has 3 N–H and O–H groups in total. The van der Waals surface area contributed by atoms with Gasteiger partial charge in [-0.1, -0.05) is 13.3 Å². The Labute approximate surface area is 101 Å². The molecule has 1 unspecified atom stereocenters. The lowest BCUT2D eigenvalue weighted by atomic mass is 10.2. The molecule has 0 amide bonds. The van der Waals surface area contributed by atoms with E-state index in [2.05, 4.69) is 4.72 Å². The van der Waals surface area contributed by atoms with E-state index >= 15 is 0 Å². The van der Waals surface area contributed by atoms with E-state index < -0.39 is 10.0 Å². The van der Waals surface area contributed by atoms with E-state index in [4.69, 9.17) is 5.73 Å². The monoisotopic (exact) mass is 262 g/mol. The molecule has 1 aromatic heterocycles. The van der Waals surface area contributed by atoms with Gasteiger partial charge in [0.2, 0.25) is 10.0 Å². The van der Waals surface area contributed by atoms with Crippen LogP contribution in [0, 0.1) is 0 Å². The minimum absolute atomic E-state index is 0.0292. The smallest absolute Gasteiger partial charge is 0.250 e. The molecular weight excluding hydrogens is 244 g/mol. The Balaban J connectivity index is 2.77. The summed E-state index contributed by atoms with van der Waals surface area (Å²) in [6, 6.07) is 3.33.